The first kappa shape index (κ1) is 18.5. The molecular formula is C20H23NO4. The third kappa shape index (κ3) is 5.64. The van der Waals surface area contributed by atoms with Crippen molar-refractivity contribution in [2.45, 2.75) is 26.8 Å². The summed E-state index contributed by atoms with van der Waals surface area (Å²) in [5.41, 5.74) is 1.54. The second kappa shape index (κ2) is 8.87. The van der Waals surface area contributed by atoms with Crippen LogP contribution in [0.15, 0.2) is 48.5 Å². The molecule has 1 N–H and O–H groups in total. The number of rotatable bonds is 8. The second-order valence-electron chi connectivity index (χ2n) is 5.66. The van der Waals surface area contributed by atoms with E-state index in [1.165, 1.54) is 6.92 Å². The fourth-order valence-electron chi connectivity index (χ4n) is 2.34. The molecule has 132 valence electrons. The molecule has 0 saturated heterocycles. The smallest absolute Gasteiger partial charge is 0.258 e. The Morgan fingerprint density at radius 1 is 1.04 bits per heavy atom. The van der Waals surface area contributed by atoms with Crippen LogP contribution in [0.1, 0.15) is 42.7 Å². The molecule has 2 rings (SSSR count). The van der Waals surface area contributed by atoms with Crippen LogP contribution >= 0.6 is 0 Å². The molecule has 0 saturated carbocycles. The quantitative estimate of drug-likeness (QED) is 0.746. The van der Waals surface area contributed by atoms with Crippen LogP contribution in [0.4, 0.5) is 0 Å². The largest absolute Gasteiger partial charge is 0.494 e. The molecule has 0 spiro atoms. The van der Waals surface area contributed by atoms with Gasteiger partial charge in [0.1, 0.15) is 11.5 Å². The number of carbonyl (C=O) groups is 2. The minimum absolute atomic E-state index is 0.0426. The summed E-state index contributed by atoms with van der Waals surface area (Å²) < 4.78 is 10.9. The monoisotopic (exact) mass is 341 g/mol. The zero-order chi connectivity index (χ0) is 18.2. The standard InChI is InChI=1S/C20H23NO4/c1-4-24-18-10-8-16(9-11-18)14(2)21-20(23)13-25-19-7-5-6-17(12-19)15(3)22/h5-12,14H,4,13H2,1-3H3,(H,21,23). The van der Waals surface area contributed by atoms with Crippen molar-refractivity contribution < 1.29 is 19.1 Å². The zero-order valence-corrected chi connectivity index (χ0v) is 14.7. The Hall–Kier alpha value is -2.82. The highest BCUT2D eigenvalue weighted by Gasteiger charge is 2.11. The van der Waals surface area contributed by atoms with Crippen LogP contribution in [0.2, 0.25) is 0 Å². The lowest BCUT2D eigenvalue weighted by Gasteiger charge is -2.15. The maximum absolute atomic E-state index is 12.1. The van der Waals surface area contributed by atoms with Gasteiger partial charge in [-0.2, -0.15) is 0 Å². The highest BCUT2D eigenvalue weighted by atomic mass is 16.5. The van der Waals surface area contributed by atoms with Crippen LogP contribution in [0.5, 0.6) is 11.5 Å². The Bertz CT molecular complexity index is 725. The molecule has 0 bridgehead atoms. The number of Topliss-reactive ketones (excluding diaryl/α,β-unsaturated/α-hetero) is 1. The molecular weight excluding hydrogens is 318 g/mol. The summed E-state index contributed by atoms with van der Waals surface area (Å²) in [7, 11) is 0. The molecule has 0 aliphatic carbocycles. The highest BCUT2D eigenvalue weighted by molar-refractivity contribution is 5.94. The van der Waals surface area contributed by atoms with E-state index in [1.54, 1.807) is 24.3 Å². The van der Waals surface area contributed by atoms with Crippen LogP contribution in [0.3, 0.4) is 0 Å². The summed E-state index contributed by atoms with van der Waals surface area (Å²) in [4.78, 5) is 23.4. The lowest BCUT2D eigenvalue weighted by atomic mass is 10.1. The molecule has 0 radical (unpaired) electrons. The Labute approximate surface area is 148 Å². The second-order valence-corrected chi connectivity index (χ2v) is 5.66. The van der Waals surface area contributed by atoms with Crippen molar-refractivity contribution in [3.05, 3.63) is 59.7 Å². The Morgan fingerprint density at radius 2 is 1.76 bits per heavy atom. The van der Waals surface area contributed by atoms with Gasteiger partial charge in [0.05, 0.1) is 12.6 Å². The molecule has 0 fully saturated rings. The van der Waals surface area contributed by atoms with Gasteiger partial charge < -0.3 is 14.8 Å². The molecule has 1 atom stereocenters. The van der Waals surface area contributed by atoms with Crippen molar-refractivity contribution in [3.8, 4) is 11.5 Å². The fraction of sp³-hybridized carbons (Fsp3) is 0.300. The number of hydrogen-bond donors (Lipinski definition) is 1. The van der Waals surface area contributed by atoms with Crippen LogP contribution in [0, 0.1) is 0 Å². The summed E-state index contributed by atoms with van der Waals surface area (Å²) in [5, 5.41) is 2.88. The molecule has 1 unspecified atom stereocenters. The van der Waals surface area contributed by atoms with E-state index < -0.39 is 0 Å². The first-order chi connectivity index (χ1) is 12.0. The molecule has 5 nitrogen and oxygen atoms in total. The van der Waals surface area contributed by atoms with E-state index in [0.29, 0.717) is 17.9 Å². The number of ketones is 1. The van der Waals surface area contributed by atoms with Crippen LogP contribution in [-0.4, -0.2) is 24.9 Å². The van der Waals surface area contributed by atoms with Crippen molar-refractivity contribution in [2.75, 3.05) is 13.2 Å². The summed E-state index contributed by atoms with van der Waals surface area (Å²) in [6.45, 7) is 5.84. The summed E-state index contributed by atoms with van der Waals surface area (Å²) in [6, 6.07) is 14.3. The third-order valence-corrected chi connectivity index (χ3v) is 3.68. The maximum Gasteiger partial charge on any atom is 0.258 e. The molecule has 5 heteroatoms. The number of nitrogens with one attached hydrogen (secondary N) is 1. The first-order valence-corrected chi connectivity index (χ1v) is 8.25. The van der Waals surface area contributed by atoms with Crippen molar-refractivity contribution >= 4 is 11.7 Å². The molecule has 0 aromatic heterocycles. The normalized spacial score (nSPS) is 11.5. The van der Waals surface area contributed by atoms with Crippen molar-refractivity contribution in [2.24, 2.45) is 0 Å². The van der Waals surface area contributed by atoms with Gasteiger partial charge in [-0.05, 0) is 50.6 Å². The zero-order valence-electron chi connectivity index (χ0n) is 14.7. The van der Waals surface area contributed by atoms with Crippen molar-refractivity contribution in [3.63, 3.8) is 0 Å². The third-order valence-electron chi connectivity index (χ3n) is 3.68. The van der Waals surface area contributed by atoms with Crippen LogP contribution in [0.25, 0.3) is 0 Å². The lowest BCUT2D eigenvalue weighted by molar-refractivity contribution is -0.123. The van der Waals surface area contributed by atoms with Gasteiger partial charge in [-0.15, -0.1) is 0 Å². The predicted octanol–water partition coefficient (Wildman–Crippen LogP) is 3.54. The maximum atomic E-state index is 12.1. The average molecular weight is 341 g/mol. The predicted molar refractivity (Wildman–Crippen MR) is 96.1 cm³/mol. The SMILES string of the molecule is CCOc1ccc(C(C)NC(=O)COc2cccc(C(C)=O)c2)cc1. The lowest BCUT2D eigenvalue weighted by Crippen LogP contribution is -2.31. The summed E-state index contributed by atoms with van der Waals surface area (Å²) in [6.07, 6.45) is 0. The van der Waals surface area contributed by atoms with Crippen molar-refractivity contribution in [1.82, 2.24) is 5.32 Å². The van der Waals surface area contributed by atoms with Gasteiger partial charge in [0.2, 0.25) is 0 Å². The summed E-state index contributed by atoms with van der Waals surface area (Å²) >= 11 is 0. The van der Waals surface area contributed by atoms with E-state index in [0.717, 1.165) is 11.3 Å². The molecule has 1 amide bonds. The van der Waals surface area contributed by atoms with Gasteiger partial charge in [-0.3, -0.25) is 9.59 Å². The Balaban J connectivity index is 1.87. The Kier molecular flexibility index (Phi) is 6.57. The van der Waals surface area contributed by atoms with Gasteiger partial charge in [-0.1, -0.05) is 24.3 Å². The minimum Gasteiger partial charge on any atom is -0.494 e. The number of ether oxygens (including phenoxy) is 2. The number of benzene rings is 2. The van der Waals surface area contributed by atoms with Crippen molar-refractivity contribution in [1.29, 1.82) is 0 Å². The van der Waals surface area contributed by atoms with E-state index >= 15 is 0 Å². The van der Waals surface area contributed by atoms with Crippen LogP contribution in [-0.2, 0) is 4.79 Å². The van der Waals surface area contributed by atoms with E-state index in [2.05, 4.69) is 5.32 Å². The average Bonchev–Trinajstić information content (AvgIpc) is 2.61. The highest BCUT2D eigenvalue weighted by Crippen LogP contribution is 2.18. The van der Waals surface area contributed by atoms with Gasteiger partial charge in [0.15, 0.2) is 12.4 Å². The van der Waals surface area contributed by atoms with Gasteiger partial charge in [0.25, 0.3) is 5.91 Å². The minimum atomic E-state index is -0.227. The molecule has 2 aromatic rings. The van der Waals surface area contributed by atoms with Gasteiger partial charge in [0, 0.05) is 5.56 Å². The molecule has 0 heterocycles. The van der Waals surface area contributed by atoms with E-state index in [1.807, 2.05) is 38.1 Å². The molecule has 0 aliphatic rings. The first-order valence-electron chi connectivity index (χ1n) is 8.25. The van der Waals surface area contributed by atoms with E-state index in [-0.39, 0.29) is 24.3 Å². The Morgan fingerprint density at radius 3 is 2.40 bits per heavy atom. The van der Waals surface area contributed by atoms with Gasteiger partial charge >= 0.3 is 0 Å². The number of carbonyl (C=O) groups excluding carboxylic acids is 2. The number of hydrogen-bond acceptors (Lipinski definition) is 4. The van der Waals surface area contributed by atoms with E-state index in [4.69, 9.17) is 9.47 Å². The number of amides is 1. The fourth-order valence-corrected chi connectivity index (χ4v) is 2.34. The topological polar surface area (TPSA) is 64.6 Å². The molecule has 2 aromatic carbocycles. The summed E-state index contributed by atoms with van der Waals surface area (Å²) in [5.74, 6) is 1.03. The molecule has 0 aliphatic heterocycles. The van der Waals surface area contributed by atoms with E-state index in [9.17, 15) is 9.59 Å². The molecule has 25 heavy (non-hydrogen) atoms. The van der Waals surface area contributed by atoms with Gasteiger partial charge in [-0.25, -0.2) is 0 Å². The van der Waals surface area contributed by atoms with Crippen LogP contribution < -0.4 is 14.8 Å².